The van der Waals surface area contributed by atoms with Crippen LogP contribution in [0.3, 0.4) is 0 Å². The maximum absolute atomic E-state index is 12.4. The second kappa shape index (κ2) is 7.03. The van der Waals surface area contributed by atoms with Gasteiger partial charge < -0.3 is 4.74 Å². The third-order valence-electron chi connectivity index (χ3n) is 3.43. The molecule has 1 aromatic heterocycles. The van der Waals surface area contributed by atoms with E-state index >= 15 is 0 Å². The Hall–Kier alpha value is -2.72. The number of carbonyl (C=O) groups is 1. The Balaban J connectivity index is 1.92. The molecule has 0 radical (unpaired) electrons. The molecule has 0 aliphatic rings. The maximum atomic E-state index is 12.4. The van der Waals surface area contributed by atoms with Gasteiger partial charge in [-0.25, -0.2) is 4.79 Å². The molecule has 2 aromatic carbocycles. The van der Waals surface area contributed by atoms with Gasteiger partial charge >= 0.3 is 6.09 Å². The molecule has 114 valence electrons. The molecule has 0 saturated heterocycles. The van der Waals surface area contributed by atoms with Crippen LogP contribution < -0.4 is 0 Å². The van der Waals surface area contributed by atoms with Crippen molar-refractivity contribution in [1.29, 1.82) is 0 Å². The number of ether oxygens (including phenoxy) is 1. The Bertz CT molecular complexity index is 784. The fourth-order valence-corrected chi connectivity index (χ4v) is 2.40. The highest BCUT2D eigenvalue weighted by Gasteiger charge is 2.19. The molecule has 0 saturated carbocycles. The Morgan fingerprint density at radius 3 is 1.78 bits per heavy atom. The summed E-state index contributed by atoms with van der Waals surface area (Å²) in [6.45, 7) is 0. The van der Waals surface area contributed by atoms with Crippen LogP contribution in [0.25, 0.3) is 0 Å². The van der Waals surface area contributed by atoms with Gasteiger partial charge in [0.05, 0.1) is 0 Å². The minimum absolute atomic E-state index is 0.447. The lowest BCUT2D eigenvalue weighted by Gasteiger charge is -2.19. The van der Waals surface area contributed by atoms with Gasteiger partial charge in [0.15, 0.2) is 6.10 Å². The molecular weight excluding hydrogens is 306 g/mol. The van der Waals surface area contributed by atoms with E-state index in [0.717, 1.165) is 11.1 Å². The van der Waals surface area contributed by atoms with E-state index in [1.807, 2.05) is 60.7 Å². The van der Waals surface area contributed by atoms with Crippen LogP contribution in [0, 0.1) is 4.51 Å². The number of carbonyl (C=O) groups excluding carboxylic acids is 1. The van der Waals surface area contributed by atoms with Crippen LogP contribution in [0.1, 0.15) is 17.2 Å². The quantitative estimate of drug-likeness (QED) is 0.637. The zero-order valence-corrected chi connectivity index (χ0v) is 13.1. The molecule has 3 nitrogen and oxygen atoms in total. The van der Waals surface area contributed by atoms with E-state index in [-0.39, 0.29) is 0 Å². The molecule has 0 atom stereocenters. The van der Waals surface area contributed by atoms with E-state index in [4.69, 9.17) is 17.0 Å². The van der Waals surface area contributed by atoms with Crippen molar-refractivity contribution in [1.82, 2.24) is 4.57 Å². The average Bonchev–Trinajstić information content (AvgIpc) is 2.61. The van der Waals surface area contributed by atoms with Gasteiger partial charge in [-0.2, -0.15) is 0 Å². The van der Waals surface area contributed by atoms with Gasteiger partial charge in [0.25, 0.3) is 0 Å². The fraction of sp³-hybridized carbons (Fsp3) is 0.0526. The zero-order valence-electron chi connectivity index (χ0n) is 12.3. The number of rotatable bonds is 3. The van der Waals surface area contributed by atoms with Crippen molar-refractivity contribution in [2.24, 2.45) is 0 Å². The van der Waals surface area contributed by atoms with Crippen molar-refractivity contribution < 1.29 is 9.53 Å². The van der Waals surface area contributed by atoms with Crippen LogP contribution in [0.4, 0.5) is 4.79 Å². The predicted octanol–water partition coefficient (Wildman–Crippen LogP) is 4.99. The molecule has 0 aliphatic heterocycles. The van der Waals surface area contributed by atoms with Crippen LogP contribution in [0.2, 0.25) is 0 Å². The number of benzene rings is 2. The molecule has 3 aromatic rings. The topological polar surface area (TPSA) is 31.2 Å². The van der Waals surface area contributed by atoms with E-state index in [1.54, 1.807) is 24.5 Å². The average molecular weight is 321 g/mol. The van der Waals surface area contributed by atoms with Crippen molar-refractivity contribution in [2.75, 3.05) is 0 Å². The van der Waals surface area contributed by atoms with Gasteiger partial charge in [0.2, 0.25) is 0 Å². The van der Waals surface area contributed by atoms with Crippen molar-refractivity contribution in [3.8, 4) is 0 Å². The van der Waals surface area contributed by atoms with E-state index in [2.05, 4.69) is 0 Å². The lowest BCUT2D eigenvalue weighted by molar-refractivity contribution is 0.118. The summed E-state index contributed by atoms with van der Waals surface area (Å²) in [4.78, 5) is 12.4. The van der Waals surface area contributed by atoms with Gasteiger partial charge in [-0.05, 0) is 23.3 Å². The zero-order chi connectivity index (χ0) is 16.1. The second-order valence-electron chi connectivity index (χ2n) is 5.03. The summed E-state index contributed by atoms with van der Waals surface area (Å²) in [6.07, 6.45) is 2.31. The number of aromatic nitrogens is 1. The minimum Gasteiger partial charge on any atom is -0.436 e. The fourth-order valence-electron chi connectivity index (χ4n) is 2.28. The van der Waals surface area contributed by atoms with Crippen LogP contribution in [-0.4, -0.2) is 10.7 Å². The van der Waals surface area contributed by atoms with Crippen molar-refractivity contribution in [2.45, 2.75) is 6.10 Å². The highest BCUT2D eigenvalue weighted by atomic mass is 32.1. The first-order valence-electron chi connectivity index (χ1n) is 7.23. The SMILES string of the molecule is O=C(OC(c1ccccc1)c1ccccc1)n1ccc(=S)cc1. The normalized spacial score (nSPS) is 10.5. The summed E-state index contributed by atoms with van der Waals surface area (Å²) < 4.78 is 7.80. The largest absolute Gasteiger partial charge is 0.436 e. The molecule has 0 aliphatic carbocycles. The first kappa shape index (κ1) is 15.2. The smallest absolute Gasteiger partial charge is 0.418 e. The first-order valence-corrected chi connectivity index (χ1v) is 7.64. The van der Waals surface area contributed by atoms with Crippen LogP contribution in [-0.2, 0) is 4.74 Å². The van der Waals surface area contributed by atoms with E-state index < -0.39 is 12.2 Å². The van der Waals surface area contributed by atoms with Crippen molar-refractivity contribution >= 4 is 18.3 Å². The van der Waals surface area contributed by atoms with Crippen LogP contribution >= 0.6 is 12.2 Å². The summed E-state index contributed by atoms with van der Waals surface area (Å²) in [5, 5.41) is 0. The molecule has 23 heavy (non-hydrogen) atoms. The van der Waals surface area contributed by atoms with Gasteiger partial charge in [-0.1, -0.05) is 72.9 Å². The van der Waals surface area contributed by atoms with E-state index in [1.165, 1.54) is 4.57 Å². The molecule has 0 bridgehead atoms. The van der Waals surface area contributed by atoms with Crippen LogP contribution in [0.5, 0.6) is 0 Å². The van der Waals surface area contributed by atoms with Gasteiger partial charge in [-0.15, -0.1) is 0 Å². The molecule has 0 spiro atoms. The molecule has 0 fully saturated rings. The van der Waals surface area contributed by atoms with Gasteiger partial charge in [0.1, 0.15) is 0 Å². The van der Waals surface area contributed by atoms with Crippen LogP contribution in [0.15, 0.2) is 85.2 Å². The minimum atomic E-state index is -0.458. The third kappa shape index (κ3) is 3.73. The summed E-state index contributed by atoms with van der Waals surface area (Å²) in [6, 6.07) is 22.8. The maximum Gasteiger partial charge on any atom is 0.418 e. The first-order chi connectivity index (χ1) is 11.2. The van der Waals surface area contributed by atoms with Crippen molar-refractivity contribution in [3.63, 3.8) is 0 Å². The lowest BCUT2D eigenvalue weighted by Crippen LogP contribution is -2.18. The number of nitrogens with zero attached hydrogens (tertiary/aromatic N) is 1. The Morgan fingerprint density at radius 2 is 1.30 bits per heavy atom. The standard InChI is InChI=1S/C19H15NO2S/c21-19(20-13-11-17(23)12-14-20)22-18(15-7-3-1-4-8-15)16-9-5-2-6-10-16/h1-14,18H. The van der Waals surface area contributed by atoms with Gasteiger partial charge in [-0.3, -0.25) is 4.57 Å². The summed E-state index contributed by atoms with van der Waals surface area (Å²) in [5.74, 6) is 0. The molecular formula is C19H15NO2S. The Labute approximate surface area is 139 Å². The molecule has 3 rings (SSSR count). The highest BCUT2D eigenvalue weighted by Crippen LogP contribution is 2.26. The Morgan fingerprint density at radius 1 is 0.826 bits per heavy atom. The third-order valence-corrected chi connectivity index (χ3v) is 3.71. The highest BCUT2D eigenvalue weighted by molar-refractivity contribution is 7.71. The second-order valence-corrected chi connectivity index (χ2v) is 5.50. The molecule has 0 amide bonds. The Kier molecular flexibility index (Phi) is 4.64. The van der Waals surface area contributed by atoms with E-state index in [9.17, 15) is 4.79 Å². The molecule has 0 N–H and O–H groups in total. The number of hydrogen-bond acceptors (Lipinski definition) is 3. The summed E-state index contributed by atoms with van der Waals surface area (Å²) >= 11 is 5.03. The summed E-state index contributed by atoms with van der Waals surface area (Å²) in [5.41, 5.74) is 1.85. The summed E-state index contributed by atoms with van der Waals surface area (Å²) in [7, 11) is 0. The predicted molar refractivity (Wildman–Crippen MR) is 91.9 cm³/mol. The van der Waals surface area contributed by atoms with Gasteiger partial charge in [0, 0.05) is 16.9 Å². The molecule has 0 unspecified atom stereocenters. The molecule has 1 heterocycles. The van der Waals surface area contributed by atoms with E-state index in [0.29, 0.717) is 4.51 Å². The number of hydrogen-bond donors (Lipinski definition) is 0. The monoisotopic (exact) mass is 321 g/mol. The lowest BCUT2D eigenvalue weighted by atomic mass is 10.0. The number of pyridine rings is 1. The molecule has 4 heteroatoms. The van der Waals surface area contributed by atoms with Crippen molar-refractivity contribution in [3.05, 3.63) is 101 Å².